The number of carbonyl (C=O) groups is 2. The standard InChI is InChI=1S/C31H29NO6/c1-19-15-22-16-21(12-13-26(22)37-19)29(33)27-28(32(31(35)30(27)34)18-25-11-6-14-36-25)20-7-5-10-24(17-20)38-23-8-3-2-4-9-23/h2-5,7-10,12-13,16-17,19,25,28,33H,6,11,14-15,18H2,1H3. The fourth-order valence-corrected chi connectivity index (χ4v) is 5.52. The summed E-state index contributed by atoms with van der Waals surface area (Å²) in [6.07, 6.45) is 2.34. The number of aliphatic hydroxyl groups is 1. The predicted molar refractivity (Wildman–Crippen MR) is 141 cm³/mol. The molecule has 3 atom stereocenters. The van der Waals surface area contributed by atoms with Crippen molar-refractivity contribution in [1.82, 2.24) is 4.90 Å². The van der Waals surface area contributed by atoms with E-state index in [9.17, 15) is 14.7 Å². The third-order valence-corrected chi connectivity index (χ3v) is 7.29. The number of carbonyl (C=O) groups excluding carboxylic acids is 2. The lowest BCUT2D eigenvalue weighted by Gasteiger charge is -2.27. The molecule has 2 fully saturated rings. The van der Waals surface area contributed by atoms with E-state index in [4.69, 9.17) is 14.2 Å². The van der Waals surface area contributed by atoms with Crippen LogP contribution >= 0.6 is 0 Å². The van der Waals surface area contributed by atoms with E-state index < -0.39 is 17.7 Å². The maximum absolute atomic E-state index is 13.4. The number of Topliss-reactive ketones (excluding diaryl/α,β-unsaturated/α-hetero) is 1. The van der Waals surface area contributed by atoms with E-state index in [1.165, 1.54) is 4.90 Å². The molecule has 2 saturated heterocycles. The van der Waals surface area contributed by atoms with Gasteiger partial charge in [0, 0.05) is 25.1 Å². The minimum atomic E-state index is -0.776. The molecule has 3 aromatic rings. The Morgan fingerprint density at radius 3 is 2.63 bits per heavy atom. The van der Waals surface area contributed by atoms with Crippen LogP contribution in [0.25, 0.3) is 5.76 Å². The van der Waals surface area contributed by atoms with Crippen LogP contribution in [0.3, 0.4) is 0 Å². The molecule has 0 saturated carbocycles. The largest absolute Gasteiger partial charge is 0.507 e. The third-order valence-electron chi connectivity index (χ3n) is 7.29. The van der Waals surface area contributed by atoms with Crippen molar-refractivity contribution in [2.24, 2.45) is 0 Å². The predicted octanol–water partition coefficient (Wildman–Crippen LogP) is 5.40. The molecular formula is C31H29NO6. The Bertz CT molecular complexity index is 1410. The van der Waals surface area contributed by atoms with Gasteiger partial charge in [0.25, 0.3) is 11.7 Å². The van der Waals surface area contributed by atoms with Gasteiger partial charge in [0.15, 0.2) is 0 Å². The van der Waals surface area contributed by atoms with E-state index in [-0.39, 0.29) is 30.1 Å². The zero-order valence-electron chi connectivity index (χ0n) is 21.1. The maximum atomic E-state index is 13.4. The van der Waals surface area contributed by atoms with E-state index in [0.29, 0.717) is 35.7 Å². The second kappa shape index (κ2) is 9.99. The minimum absolute atomic E-state index is 0.0479. The molecule has 3 aliphatic rings. The van der Waals surface area contributed by atoms with Crippen LogP contribution < -0.4 is 9.47 Å². The van der Waals surface area contributed by atoms with E-state index in [0.717, 1.165) is 24.2 Å². The average molecular weight is 512 g/mol. The van der Waals surface area contributed by atoms with E-state index in [2.05, 4.69) is 0 Å². The molecule has 0 aromatic heterocycles. The summed E-state index contributed by atoms with van der Waals surface area (Å²) < 4.78 is 17.6. The summed E-state index contributed by atoms with van der Waals surface area (Å²) >= 11 is 0. The summed E-state index contributed by atoms with van der Waals surface area (Å²) in [5.41, 5.74) is 2.19. The van der Waals surface area contributed by atoms with Crippen LogP contribution in [0.5, 0.6) is 17.2 Å². The highest BCUT2D eigenvalue weighted by atomic mass is 16.5. The van der Waals surface area contributed by atoms with Crippen molar-refractivity contribution in [2.75, 3.05) is 13.2 Å². The van der Waals surface area contributed by atoms with Crippen LogP contribution in [0, 0.1) is 0 Å². The summed E-state index contributed by atoms with van der Waals surface area (Å²) in [7, 11) is 0. The Balaban J connectivity index is 1.42. The second-order valence-electron chi connectivity index (χ2n) is 10.0. The molecule has 3 unspecified atom stereocenters. The van der Waals surface area contributed by atoms with Gasteiger partial charge in [-0.25, -0.2) is 0 Å². The number of nitrogens with zero attached hydrogens (tertiary/aromatic N) is 1. The van der Waals surface area contributed by atoms with Crippen LogP contribution in [0.15, 0.2) is 78.4 Å². The molecule has 194 valence electrons. The molecule has 3 heterocycles. The summed E-state index contributed by atoms with van der Waals surface area (Å²) in [6, 6.07) is 21.3. The average Bonchev–Trinajstić information content (AvgIpc) is 3.63. The van der Waals surface area contributed by atoms with Gasteiger partial charge >= 0.3 is 0 Å². The Morgan fingerprint density at radius 2 is 1.84 bits per heavy atom. The number of aliphatic hydroxyl groups excluding tert-OH is 1. The highest BCUT2D eigenvalue weighted by Gasteiger charge is 2.47. The number of fused-ring (bicyclic) bond motifs is 1. The normalized spacial score (nSPS) is 23.9. The van der Waals surface area contributed by atoms with Crippen molar-refractivity contribution in [2.45, 2.75) is 44.4 Å². The third kappa shape index (κ3) is 4.54. The zero-order chi connectivity index (χ0) is 26.2. The number of ether oxygens (including phenoxy) is 3. The van der Waals surface area contributed by atoms with Crippen molar-refractivity contribution in [3.8, 4) is 17.2 Å². The SMILES string of the molecule is CC1Cc2cc(C(O)=C3C(=O)C(=O)N(CC4CCCO4)C3c3cccc(Oc4ccccc4)c3)ccc2O1. The first-order valence-corrected chi connectivity index (χ1v) is 13.0. The van der Waals surface area contributed by atoms with Crippen LogP contribution in [0.4, 0.5) is 0 Å². The summed E-state index contributed by atoms with van der Waals surface area (Å²) in [5.74, 6) is 0.479. The van der Waals surface area contributed by atoms with Crippen LogP contribution in [-0.4, -0.2) is 47.1 Å². The topological polar surface area (TPSA) is 85.3 Å². The van der Waals surface area contributed by atoms with Gasteiger partial charge < -0.3 is 24.2 Å². The molecule has 3 aliphatic heterocycles. The first-order chi connectivity index (χ1) is 18.5. The number of amides is 1. The van der Waals surface area contributed by atoms with Gasteiger partial charge in [-0.2, -0.15) is 0 Å². The van der Waals surface area contributed by atoms with Crippen molar-refractivity contribution in [3.05, 3.63) is 95.1 Å². The number of ketones is 1. The highest BCUT2D eigenvalue weighted by molar-refractivity contribution is 6.46. The number of benzene rings is 3. The van der Waals surface area contributed by atoms with Crippen LogP contribution in [0.1, 0.15) is 42.5 Å². The highest BCUT2D eigenvalue weighted by Crippen LogP contribution is 2.42. The smallest absolute Gasteiger partial charge is 0.295 e. The van der Waals surface area contributed by atoms with Gasteiger partial charge in [-0.05, 0) is 73.4 Å². The van der Waals surface area contributed by atoms with Gasteiger partial charge in [-0.3, -0.25) is 9.59 Å². The summed E-state index contributed by atoms with van der Waals surface area (Å²) in [5, 5.41) is 11.5. The van der Waals surface area contributed by atoms with Gasteiger partial charge in [-0.1, -0.05) is 30.3 Å². The first-order valence-electron chi connectivity index (χ1n) is 13.0. The molecule has 0 bridgehead atoms. The lowest BCUT2D eigenvalue weighted by Crippen LogP contribution is -2.36. The second-order valence-corrected chi connectivity index (χ2v) is 10.0. The van der Waals surface area contributed by atoms with E-state index in [1.807, 2.05) is 67.6 Å². The van der Waals surface area contributed by atoms with Gasteiger partial charge in [0.2, 0.25) is 0 Å². The molecule has 0 radical (unpaired) electrons. The lowest BCUT2D eigenvalue weighted by atomic mass is 9.94. The van der Waals surface area contributed by atoms with Gasteiger partial charge in [0.05, 0.1) is 17.7 Å². The molecule has 1 N–H and O–H groups in total. The molecule has 0 spiro atoms. The zero-order valence-corrected chi connectivity index (χ0v) is 21.1. The summed E-state index contributed by atoms with van der Waals surface area (Å²) in [4.78, 5) is 28.3. The first kappa shape index (κ1) is 24.2. The molecule has 1 amide bonds. The Hall–Kier alpha value is -4.10. The van der Waals surface area contributed by atoms with Crippen molar-refractivity contribution in [1.29, 1.82) is 0 Å². The molecule has 7 nitrogen and oxygen atoms in total. The quantitative estimate of drug-likeness (QED) is 0.271. The molecule has 7 heteroatoms. The Morgan fingerprint density at radius 1 is 1.03 bits per heavy atom. The lowest BCUT2D eigenvalue weighted by molar-refractivity contribution is -0.140. The number of likely N-dealkylation sites (tertiary alicyclic amines) is 1. The molecule has 3 aromatic carbocycles. The van der Waals surface area contributed by atoms with Crippen molar-refractivity contribution >= 4 is 17.4 Å². The van der Waals surface area contributed by atoms with Crippen molar-refractivity contribution < 1.29 is 28.9 Å². The number of para-hydroxylation sites is 1. The van der Waals surface area contributed by atoms with Gasteiger partial charge in [0.1, 0.15) is 29.1 Å². The number of rotatable bonds is 6. The fourth-order valence-electron chi connectivity index (χ4n) is 5.52. The number of hydrogen-bond donors (Lipinski definition) is 1. The van der Waals surface area contributed by atoms with E-state index in [1.54, 1.807) is 12.1 Å². The number of hydrogen-bond acceptors (Lipinski definition) is 6. The van der Waals surface area contributed by atoms with Crippen LogP contribution in [0.2, 0.25) is 0 Å². The Kier molecular flexibility index (Phi) is 6.37. The van der Waals surface area contributed by atoms with E-state index >= 15 is 0 Å². The van der Waals surface area contributed by atoms with Crippen molar-refractivity contribution in [3.63, 3.8) is 0 Å². The Labute approximate surface area is 221 Å². The minimum Gasteiger partial charge on any atom is -0.507 e. The van der Waals surface area contributed by atoms with Crippen LogP contribution in [-0.2, 0) is 20.7 Å². The molecule has 38 heavy (non-hydrogen) atoms. The summed E-state index contributed by atoms with van der Waals surface area (Å²) in [6.45, 7) is 2.89. The monoisotopic (exact) mass is 511 g/mol. The molecular weight excluding hydrogens is 482 g/mol. The maximum Gasteiger partial charge on any atom is 0.295 e. The van der Waals surface area contributed by atoms with Gasteiger partial charge in [-0.15, -0.1) is 0 Å². The molecule has 6 rings (SSSR count). The fraction of sp³-hybridized carbons (Fsp3) is 0.290. The molecule has 0 aliphatic carbocycles.